The van der Waals surface area contributed by atoms with Crippen molar-refractivity contribution in [2.45, 2.75) is 12.5 Å². The number of nitrogens with zero attached hydrogens (tertiary/aromatic N) is 2. The van der Waals surface area contributed by atoms with Crippen LogP contribution < -0.4 is 66.5 Å². The number of rotatable bonds is 6. The third-order valence-corrected chi connectivity index (χ3v) is 3.19. The van der Waals surface area contributed by atoms with Crippen LogP contribution in [0.25, 0.3) is 0 Å². The minimum absolute atomic E-state index is 0. The van der Waals surface area contributed by atoms with Crippen molar-refractivity contribution in [3.63, 3.8) is 0 Å². The molecule has 0 radical (unpaired) electrons. The molecule has 0 spiro atoms. The van der Waals surface area contributed by atoms with E-state index in [-0.39, 0.29) is 57.8 Å². The van der Waals surface area contributed by atoms with E-state index in [9.17, 15) is 14.7 Å². The molecule has 0 aliphatic heterocycles. The van der Waals surface area contributed by atoms with Crippen LogP contribution in [0, 0.1) is 0 Å². The van der Waals surface area contributed by atoms with Gasteiger partial charge in [0.25, 0.3) is 0 Å². The smallest absolute Gasteiger partial charge is 0.548 e. The number of carboxylic acid groups (broad SMARTS) is 1. The van der Waals surface area contributed by atoms with Crippen molar-refractivity contribution in [3.05, 3.63) is 60.2 Å². The summed E-state index contributed by atoms with van der Waals surface area (Å²) in [5.41, 5.74) is 1.21. The Morgan fingerprint density at radius 3 is 2.32 bits per heavy atom. The first-order valence-electron chi connectivity index (χ1n) is 7.19. The number of benzene rings is 2. The van der Waals surface area contributed by atoms with Gasteiger partial charge in [-0.25, -0.2) is 4.79 Å². The van der Waals surface area contributed by atoms with E-state index in [0.717, 1.165) is 5.56 Å². The second kappa shape index (κ2) is 11.1. The maximum absolute atomic E-state index is 11.8. The third-order valence-electron chi connectivity index (χ3n) is 3.19. The van der Waals surface area contributed by atoms with Gasteiger partial charge in [-0.2, -0.15) is 0 Å². The minimum Gasteiger partial charge on any atom is -0.548 e. The van der Waals surface area contributed by atoms with Crippen LogP contribution in [0.5, 0.6) is 5.75 Å². The molecule has 2 aromatic rings. The quantitative estimate of drug-likeness (QED) is 0.516. The second-order valence-corrected chi connectivity index (χ2v) is 4.91. The second-order valence-electron chi connectivity index (χ2n) is 4.91. The molecule has 0 aromatic heterocycles. The predicted molar refractivity (Wildman–Crippen MR) is 85.0 cm³/mol. The molecule has 1 N–H and O–H groups in total. The number of hydrogen-bond acceptors (Lipinski definition) is 5. The molecule has 0 heterocycles. The van der Waals surface area contributed by atoms with Crippen LogP contribution >= 0.6 is 0 Å². The van der Waals surface area contributed by atoms with E-state index in [4.69, 9.17) is 4.74 Å². The number of ether oxygens (including phenoxy) is 1. The predicted octanol–water partition coefficient (Wildman–Crippen LogP) is -1.15. The fourth-order valence-electron chi connectivity index (χ4n) is 1.97. The number of aliphatic carboxylic acids is 1. The largest absolute Gasteiger partial charge is 1.00 e. The van der Waals surface area contributed by atoms with Crippen molar-refractivity contribution in [1.29, 1.82) is 0 Å². The van der Waals surface area contributed by atoms with E-state index in [1.807, 2.05) is 6.07 Å². The summed E-state index contributed by atoms with van der Waals surface area (Å²) in [6.07, 6.45) is 0.104. The van der Waals surface area contributed by atoms with E-state index in [2.05, 4.69) is 15.5 Å². The van der Waals surface area contributed by atoms with E-state index in [0.29, 0.717) is 11.4 Å². The summed E-state index contributed by atoms with van der Waals surface area (Å²) < 4.78 is 5.01. The molecule has 124 valence electrons. The van der Waals surface area contributed by atoms with Gasteiger partial charge in [-0.3, -0.25) is 0 Å². The SMILES string of the molecule is COc1ccc(N=NC(=O)N[C@@H](Cc2ccccc2)C(=O)[O-])cc1.[K+]. The van der Waals surface area contributed by atoms with Crippen molar-refractivity contribution < 1.29 is 70.8 Å². The molecule has 0 saturated carbocycles. The Hall–Kier alpha value is -1.58. The number of hydrogen-bond donors (Lipinski definition) is 1. The van der Waals surface area contributed by atoms with Gasteiger partial charge in [0.15, 0.2) is 0 Å². The molecule has 0 bridgehead atoms. The standard InChI is InChI=1S/C17H17N3O4.K/c1-24-14-9-7-13(8-10-14)19-20-17(23)18-15(16(21)22)11-12-5-3-2-4-6-12;/h2-10,15H,11H2,1H3,(H,18,23)(H,21,22);/q;+1/p-1/t15-;/m0./s1. The van der Waals surface area contributed by atoms with Crippen molar-refractivity contribution >= 4 is 17.7 Å². The maximum Gasteiger partial charge on any atom is 1.00 e. The van der Waals surface area contributed by atoms with Crippen LogP contribution in [-0.2, 0) is 11.2 Å². The van der Waals surface area contributed by atoms with Gasteiger partial charge in [0.05, 0.1) is 24.8 Å². The maximum atomic E-state index is 11.8. The van der Waals surface area contributed by atoms with Crippen LogP contribution in [0.4, 0.5) is 10.5 Å². The molecule has 1 atom stereocenters. The molecular formula is C17H16KN3O4. The number of urea groups is 1. The normalized spacial score (nSPS) is 11.4. The van der Waals surface area contributed by atoms with Gasteiger partial charge < -0.3 is 20.0 Å². The minimum atomic E-state index is -1.38. The summed E-state index contributed by atoms with van der Waals surface area (Å²) in [5, 5.41) is 20.6. The van der Waals surface area contributed by atoms with Crippen molar-refractivity contribution in [2.24, 2.45) is 10.2 Å². The van der Waals surface area contributed by atoms with Gasteiger partial charge in [-0.15, -0.1) is 5.11 Å². The molecule has 0 aliphatic rings. The van der Waals surface area contributed by atoms with Crippen LogP contribution in [0.1, 0.15) is 5.56 Å². The molecule has 0 saturated heterocycles. The van der Waals surface area contributed by atoms with Crippen molar-refractivity contribution in [1.82, 2.24) is 5.32 Å². The monoisotopic (exact) mass is 365 g/mol. The zero-order chi connectivity index (χ0) is 17.4. The van der Waals surface area contributed by atoms with Crippen LogP contribution in [0.2, 0.25) is 0 Å². The van der Waals surface area contributed by atoms with Gasteiger partial charge in [0, 0.05) is 0 Å². The summed E-state index contributed by atoms with van der Waals surface area (Å²) in [4.78, 5) is 22.9. The van der Waals surface area contributed by atoms with Gasteiger partial charge in [0.2, 0.25) is 0 Å². The Morgan fingerprint density at radius 2 is 1.76 bits per heavy atom. The molecule has 7 nitrogen and oxygen atoms in total. The fraction of sp³-hybridized carbons (Fsp3) is 0.176. The molecule has 8 heteroatoms. The third kappa shape index (κ3) is 7.45. The van der Waals surface area contributed by atoms with Crippen molar-refractivity contribution in [2.75, 3.05) is 7.11 Å². The average molecular weight is 365 g/mol. The van der Waals surface area contributed by atoms with Gasteiger partial charge in [0.1, 0.15) is 5.75 Å². The first-order chi connectivity index (χ1) is 11.6. The Bertz CT molecular complexity index is 720. The molecule has 2 rings (SSSR count). The molecule has 0 fully saturated rings. The number of carbonyl (C=O) groups is 2. The first kappa shape index (κ1) is 21.5. The van der Waals surface area contributed by atoms with Crippen molar-refractivity contribution in [3.8, 4) is 5.75 Å². The Morgan fingerprint density at radius 1 is 1.12 bits per heavy atom. The van der Waals surface area contributed by atoms with E-state index in [1.54, 1.807) is 48.5 Å². The molecule has 2 aromatic carbocycles. The average Bonchev–Trinajstić information content (AvgIpc) is 2.60. The van der Waals surface area contributed by atoms with Crippen LogP contribution in [0.15, 0.2) is 64.8 Å². The summed E-state index contributed by atoms with van der Waals surface area (Å²) in [6.45, 7) is 0. The van der Waals surface area contributed by atoms with Crippen LogP contribution in [-0.4, -0.2) is 25.2 Å². The first-order valence-corrected chi connectivity index (χ1v) is 7.19. The summed E-state index contributed by atoms with van der Waals surface area (Å²) in [6, 6.07) is 13.5. The van der Waals surface area contributed by atoms with E-state index >= 15 is 0 Å². The number of azo groups is 1. The van der Waals surface area contributed by atoms with E-state index < -0.39 is 18.0 Å². The zero-order valence-corrected chi connectivity index (χ0v) is 17.1. The van der Waals surface area contributed by atoms with Crippen LogP contribution in [0.3, 0.4) is 0 Å². The number of nitrogens with one attached hydrogen (secondary N) is 1. The van der Waals surface area contributed by atoms with Gasteiger partial charge in [-0.05, 0) is 36.2 Å². The zero-order valence-electron chi connectivity index (χ0n) is 14.0. The topological polar surface area (TPSA) is 103 Å². The van der Waals surface area contributed by atoms with Gasteiger partial charge in [-0.1, -0.05) is 35.4 Å². The molecule has 0 unspecified atom stereocenters. The number of carbonyl (C=O) groups excluding carboxylic acids is 2. The summed E-state index contributed by atoms with van der Waals surface area (Å²) in [5.74, 6) is -0.731. The Balaban J connectivity index is 0.00000312. The number of carboxylic acids is 1. The molecular weight excluding hydrogens is 349 g/mol. The number of amides is 2. The Labute approximate surface area is 187 Å². The van der Waals surface area contributed by atoms with E-state index in [1.165, 1.54) is 7.11 Å². The Kier molecular flexibility index (Phi) is 9.54. The number of methoxy groups -OCH3 is 1. The summed E-state index contributed by atoms with van der Waals surface area (Å²) >= 11 is 0. The molecule has 2 amide bonds. The van der Waals surface area contributed by atoms with Gasteiger partial charge >= 0.3 is 57.4 Å². The molecule has 0 aliphatic carbocycles. The molecule has 25 heavy (non-hydrogen) atoms. The fourth-order valence-corrected chi connectivity index (χ4v) is 1.97. The summed E-state index contributed by atoms with van der Waals surface area (Å²) in [7, 11) is 1.54.